The molecule has 9 heteroatoms. The Hall–Kier alpha value is 0.508. The number of carbonyl (C=O) groups is 1. The van der Waals surface area contributed by atoms with E-state index in [9.17, 15) is 4.79 Å². The Bertz CT molecular complexity index is 384. The van der Waals surface area contributed by atoms with E-state index in [0.29, 0.717) is 0 Å². The van der Waals surface area contributed by atoms with Crippen molar-refractivity contribution in [2.24, 2.45) is 0 Å². The average molecular weight is 425 g/mol. The molecule has 142 valence electrons. The Balaban J connectivity index is 5.30. The average Bonchev–Trinajstić information content (AvgIpc) is 2.27. The quantitative estimate of drug-likeness (QED) is 0.255. The van der Waals surface area contributed by atoms with Crippen molar-refractivity contribution in [3.63, 3.8) is 0 Å². The lowest BCUT2D eigenvalue weighted by Gasteiger charge is -2.42. The van der Waals surface area contributed by atoms with Crippen molar-refractivity contribution in [3.05, 3.63) is 12.7 Å². The molecule has 0 aromatic carbocycles. The second-order valence-corrected chi connectivity index (χ2v) is 26.9. The molecule has 0 radical (unpaired) electrons. The van der Waals surface area contributed by atoms with Gasteiger partial charge < -0.3 is 12.3 Å². The molecule has 0 amide bonds. The third-order valence-corrected chi connectivity index (χ3v) is 15.4. The van der Waals surface area contributed by atoms with Crippen molar-refractivity contribution in [3.8, 4) is 0 Å². The zero-order valence-corrected chi connectivity index (χ0v) is 21.8. The van der Waals surface area contributed by atoms with Gasteiger partial charge in [-0.2, -0.15) is 0 Å². The Morgan fingerprint density at radius 3 is 1.54 bits per heavy atom. The van der Waals surface area contributed by atoms with Crippen LogP contribution in [-0.2, 0) is 17.1 Å². The van der Waals surface area contributed by atoms with Gasteiger partial charge >= 0.3 is 8.80 Å². The number of hydrogen-bond donors (Lipinski definition) is 0. The highest BCUT2D eigenvalue weighted by Crippen LogP contribution is 2.30. The van der Waals surface area contributed by atoms with Gasteiger partial charge in [0.1, 0.15) is 0 Å². The van der Waals surface area contributed by atoms with Crippen LogP contribution in [0.15, 0.2) is 12.7 Å². The monoisotopic (exact) mass is 424 g/mol. The molecule has 0 aromatic rings. The van der Waals surface area contributed by atoms with E-state index in [-0.39, 0.29) is 5.12 Å². The molecule has 0 N–H and O–H groups in total. The van der Waals surface area contributed by atoms with Crippen molar-refractivity contribution >= 4 is 50.6 Å². The highest BCUT2D eigenvalue weighted by atomic mass is 32.2. The molecule has 0 atom stereocenters. The molecule has 0 aromatic heterocycles. The van der Waals surface area contributed by atoms with Gasteiger partial charge in [-0.1, -0.05) is 18.3 Å². The molecule has 0 fully saturated rings. The maximum absolute atomic E-state index is 11.4. The van der Waals surface area contributed by atoms with E-state index in [4.69, 9.17) is 12.3 Å². The van der Waals surface area contributed by atoms with E-state index in [1.807, 2.05) is 0 Å². The first-order chi connectivity index (χ1) is 10.6. The molecule has 0 aliphatic carbocycles. The lowest BCUT2D eigenvalue weighted by atomic mass is 10.6. The predicted octanol–water partition coefficient (Wildman–Crippen LogP) is 5.32. The SMILES string of the molecule is C=CC(=O)SCCC[Si](O[Si](C)(C)C)(O[Si](C)(C)C)O[Si](C)(C)C. The highest BCUT2D eigenvalue weighted by molar-refractivity contribution is 8.14. The summed E-state index contributed by atoms with van der Waals surface area (Å²) >= 11 is 1.30. The molecule has 0 aliphatic rings. The summed E-state index contributed by atoms with van der Waals surface area (Å²) in [6, 6.07) is 0.781. The van der Waals surface area contributed by atoms with Crippen molar-refractivity contribution in [1.29, 1.82) is 0 Å². The van der Waals surface area contributed by atoms with Gasteiger partial charge in [-0.25, -0.2) is 0 Å². The van der Waals surface area contributed by atoms with E-state index in [2.05, 4.69) is 65.5 Å². The normalized spacial score (nSPS) is 13.9. The summed E-state index contributed by atoms with van der Waals surface area (Å²) in [5.74, 6) is 0.749. The third-order valence-electron chi connectivity index (χ3n) is 2.42. The molecular formula is C15H36O4SSi4. The summed E-state index contributed by atoms with van der Waals surface area (Å²) in [6.07, 6.45) is 2.22. The molecule has 0 saturated carbocycles. The number of thioether (sulfide) groups is 1. The topological polar surface area (TPSA) is 44.8 Å². The van der Waals surface area contributed by atoms with Crippen LogP contribution in [0.2, 0.25) is 65.0 Å². The van der Waals surface area contributed by atoms with Crippen molar-refractivity contribution in [1.82, 2.24) is 0 Å². The fourth-order valence-electron chi connectivity index (χ4n) is 2.14. The van der Waals surface area contributed by atoms with Crippen LogP contribution in [0.4, 0.5) is 0 Å². The van der Waals surface area contributed by atoms with Crippen LogP contribution in [0.1, 0.15) is 6.42 Å². The van der Waals surface area contributed by atoms with Crippen LogP contribution in [0, 0.1) is 0 Å². The lowest BCUT2D eigenvalue weighted by Crippen LogP contribution is -2.60. The summed E-state index contributed by atoms with van der Waals surface area (Å²) in [7, 11) is -8.19. The molecule has 0 heterocycles. The van der Waals surface area contributed by atoms with Gasteiger partial charge in [0.2, 0.25) is 5.12 Å². The molecule has 0 bridgehead atoms. The van der Waals surface area contributed by atoms with Crippen LogP contribution in [0.3, 0.4) is 0 Å². The molecule has 0 rings (SSSR count). The minimum Gasteiger partial charge on any atom is -0.417 e. The Morgan fingerprint density at radius 2 is 1.25 bits per heavy atom. The van der Waals surface area contributed by atoms with Gasteiger partial charge in [0, 0.05) is 11.8 Å². The second-order valence-electron chi connectivity index (χ2n) is 8.80. The van der Waals surface area contributed by atoms with Crippen molar-refractivity contribution in [2.45, 2.75) is 71.4 Å². The molecule has 0 saturated heterocycles. The minimum atomic E-state index is -2.75. The van der Waals surface area contributed by atoms with E-state index in [0.717, 1.165) is 18.2 Å². The molecule has 24 heavy (non-hydrogen) atoms. The Kier molecular flexibility index (Phi) is 9.65. The number of hydrogen-bond acceptors (Lipinski definition) is 5. The van der Waals surface area contributed by atoms with Crippen LogP contribution < -0.4 is 0 Å². The maximum Gasteiger partial charge on any atom is 0.469 e. The maximum atomic E-state index is 11.4. The first kappa shape index (κ1) is 24.5. The Labute approximate surface area is 157 Å². The molecule has 0 unspecified atom stereocenters. The summed E-state index contributed by atoms with van der Waals surface area (Å²) < 4.78 is 19.8. The van der Waals surface area contributed by atoms with Gasteiger partial charge in [-0.3, -0.25) is 4.79 Å². The number of carbonyl (C=O) groups excluding carboxylic acids is 1. The molecule has 4 nitrogen and oxygen atoms in total. The van der Waals surface area contributed by atoms with Gasteiger partial charge in [0.25, 0.3) is 0 Å². The van der Waals surface area contributed by atoms with E-state index >= 15 is 0 Å². The van der Waals surface area contributed by atoms with Gasteiger partial charge in [-0.05, 0) is 71.4 Å². The third kappa shape index (κ3) is 12.8. The summed E-state index contributed by atoms with van der Waals surface area (Å²) in [5, 5.41) is 0.0191. The lowest BCUT2D eigenvalue weighted by molar-refractivity contribution is -0.107. The van der Waals surface area contributed by atoms with Crippen LogP contribution in [0.5, 0.6) is 0 Å². The van der Waals surface area contributed by atoms with E-state index in [1.165, 1.54) is 17.8 Å². The fourth-order valence-corrected chi connectivity index (χ4v) is 17.7. The standard InChI is InChI=1S/C15H36O4SSi4/c1-11-15(16)20-13-12-14-24(17-21(2,3)4,18-22(5,6)7)19-23(8,9)10/h11H,1,12-14H2,2-10H3. The zero-order valence-electron chi connectivity index (χ0n) is 16.9. The van der Waals surface area contributed by atoms with E-state index in [1.54, 1.807) is 0 Å². The minimum absolute atomic E-state index is 0.0191. The van der Waals surface area contributed by atoms with Crippen molar-refractivity contribution < 1.29 is 17.1 Å². The summed E-state index contributed by atoms with van der Waals surface area (Å²) in [5.41, 5.74) is 0. The first-order valence-electron chi connectivity index (χ1n) is 8.47. The Morgan fingerprint density at radius 1 is 0.875 bits per heavy atom. The summed E-state index contributed by atoms with van der Waals surface area (Å²) in [4.78, 5) is 11.4. The molecule has 0 aliphatic heterocycles. The fraction of sp³-hybridized carbons (Fsp3) is 0.800. The van der Waals surface area contributed by atoms with Crippen LogP contribution in [0.25, 0.3) is 0 Å². The van der Waals surface area contributed by atoms with E-state index < -0.39 is 33.8 Å². The zero-order chi connectivity index (χ0) is 19.2. The molecule has 0 spiro atoms. The van der Waals surface area contributed by atoms with Crippen molar-refractivity contribution in [2.75, 3.05) is 5.75 Å². The van der Waals surface area contributed by atoms with Gasteiger partial charge in [0.15, 0.2) is 25.0 Å². The highest BCUT2D eigenvalue weighted by Gasteiger charge is 2.49. The van der Waals surface area contributed by atoms with Gasteiger partial charge in [0.05, 0.1) is 0 Å². The van der Waals surface area contributed by atoms with Crippen LogP contribution in [-0.4, -0.2) is 44.6 Å². The molecular weight excluding hydrogens is 389 g/mol. The van der Waals surface area contributed by atoms with Crippen LogP contribution >= 0.6 is 11.8 Å². The first-order valence-corrected chi connectivity index (χ1v) is 21.6. The number of rotatable bonds is 11. The summed E-state index contributed by atoms with van der Waals surface area (Å²) in [6.45, 7) is 23.2. The second kappa shape index (κ2) is 9.45. The largest absolute Gasteiger partial charge is 0.469 e. The smallest absolute Gasteiger partial charge is 0.417 e. The predicted molar refractivity (Wildman–Crippen MR) is 116 cm³/mol. The van der Waals surface area contributed by atoms with Gasteiger partial charge in [-0.15, -0.1) is 0 Å².